The molecule has 4 heterocycles. The van der Waals surface area contributed by atoms with Crippen LogP contribution in [0.2, 0.25) is 0 Å². The SMILES string of the molecule is Cc1nc2ccccn2c1CN1CCC2(CC1)CN(S(C)(=O)=O)CCO2. The number of likely N-dealkylation sites (tertiary alicyclic amines) is 1. The Bertz CT molecular complexity index is 900. The molecule has 2 aliphatic rings. The summed E-state index contributed by atoms with van der Waals surface area (Å²) >= 11 is 0. The van der Waals surface area contributed by atoms with Gasteiger partial charge in [-0.1, -0.05) is 6.07 Å². The zero-order chi connectivity index (χ0) is 18.4. The second-order valence-electron chi connectivity index (χ2n) is 7.48. The Labute approximate surface area is 154 Å². The number of rotatable bonds is 3. The molecule has 142 valence electrons. The van der Waals surface area contributed by atoms with Crippen molar-refractivity contribution in [3.63, 3.8) is 0 Å². The molecular weight excluding hydrogens is 352 g/mol. The number of fused-ring (bicyclic) bond motifs is 1. The number of aryl methyl sites for hydroxylation is 1. The normalized spacial score (nSPS) is 22.2. The topological polar surface area (TPSA) is 67.2 Å². The lowest BCUT2D eigenvalue weighted by Gasteiger charge is -2.46. The average Bonchev–Trinajstić information content (AvgIpc) is 2.92. The summed E-state index contributed by atoms with van der Waals surface area (Å²) in [6.45, 7) is 6.14. The van der Waals surface area contributed by atoms with Crippen molar-refractivity contribution >= 4 is 15.7 Å². The summed E-state index contributed by atoms with van der Waals surface area (Å²) < 4.78 is 33.6. The maximum Gasteiger partial charge on any atom is 0.211 e. The number of pyridine rings is 1. The minimum Gasteiger partial charge on any atom is -0.372 e. The number of piperidine rings is 1. The van der Waals surface area contributed by atoms with Gasteiger partial charge in [0, 0.05) is 38.9 Å². The Balaban J connectivity index is 1.44. The molecule has 2 aromatic rings. The van der Waals surface area contributed by atoms with Crippen LogP contribution in [0.25, 0.3) is 5.65 Å². The molecule has 0 bridgehead atoms. The van der Waals surface area contributed by atoms with Gasteiger partial charge in [0.1, 0.15) is 5.65 Å². The first-order chi connectivity index (χ1) is 12.4. The molecule has 26 heavy (non-hydrogen) atoms. The predicted octanol–water partition coefficient (Wildman–Crippen LogP) is 1.27. The third kappa shape index (κ3) is 3.38. The summed E-state index contributed by atoms with van der Waals surface area (Å²) in [5.74, 6) is 0. The summed E-state index contributed by atoms with van der Waals surface area (Å²) in [6.07, 6.45) is 5.06. The number of hydrogen-bond donors (Lipinski definition) is 0. The second-order valence-corrected chi connectivity index (χ2v) is 9.46. The number of nitrogens with zero attached hydrogens (tertiary/aromatic N) is 4. The van der Waals surface area contributed by atoms with Gasteiger partial charge in [0.05, 0.1) is 29.9 Å². The van der Waals surface area contributed by atoms with Crippen molar-refractivity contribution in [1.29, 1.82) is 0 Å². The zero-order valence-electron chi connectivity index (χ0n) is 15.4. The van der Waals surface area contributed by atoms with Crippen LogP contribution in [0.1, 0.15) is 24.2 Å². The molecule has 0 amide bonds. The lowest BCUT2D eigenvalue weighted by atomic mass is 9.90. The van der Waals surface area contributed by atoms with E-state index in [2.05, 4.69) is 27.4 Å². The van der Waals surface area contributed by atoms with Crippen molar-refractivity contribution in [2.24, 2.45) is 0 Å². The van der Waals surface area contributed by atoms with Gasteiger partial charge < -0.3 is 9.14 Å². The third-order valence-electron chi connectivity index (χ3n) is 5.65. The number of ether oxygens (including phenoxy) is 1. The van der Waals surface area contributed by atoms with Crippen LogP contribution in [0.5, 0.6) is 0 Å². The third-order valence-corrected chi connectivity index (χ3v) is 6.90. The Morgan fingerprint density at radius 3 is 2.73 bits per heavy atom. The van der Waals surface area contributed by atoms with E-state index in [1.165, 1.54) is 11.9 Å². The average molecular weight is 378 g/mol. The molecule has 0 N–H and O–H groups in total. The van der Waals surface area contributed by atoms with Crippen LogP contribution in [-0.2, 0) is 21.3 Å². The summed E-state index contributed by atoms with van der Waals surface area (Å²) in [5, 5.41) is 0. The van der Waals surface area contributed by atoms with E-state index in [-0.39, 0.29) is 5.60 Å². The van der Waals surface area contributed by atoms with E-state index in [0.717, 1.165) is 43.8 Å². The van der Waals surface area contributed by atoms with Crippen LogP contribution in [-0.4, -0.2) is 71.7 Å². The summed E-state index contributed by atoms with van der Waals surface area (Å²) in [6, 6.07) is 6.06. The van der Waals surface area contributed by atoms with Crippen molar-refractivity contribution in [2.45, 2.75) is 31.9 Å². The Hall–Kier alpha value is -1.48. The van der Waals surface area contributed by atoms with E-state index in [9.17, 15) is 8.42 Å². The van der Waals surface area contributed by atoms with Gasteiger partial charge in [0.25, 0.3) is 0 Å². The smallest absolute Gasteiger partial charge is 0.211 e. The highest BCUT2D eigenvalue weighted by Gasteiger charge is 2.42. The van der Waals surface area contributed by atoms with Crippen molar-refractivity contribution in [1.82, 2.24) is 18.6 Å². The van der Waals surface area contributed by atoms with Crippen LogP contribution in [0, 0.1) is 6.92 Å². The number of sulfonamides is 1. The molecule has 0 aromatic carbocycles. The van der Waals surface area contributed by atoms with Crippen molar-refractivity contribution in [3.8, 4) is 0 Å². The molecule has 0 atom stereocenters. The first kappa shape index (κ1) is 17.9. The summed E-state index contributed by atoms with van der Waals surface area (Å²) in [4.78, 5) is 7.05. The molecule has 2 aliphatic heterocycles. The zero-order valence-corrected chi connectivity index (χ0v) is 16.2. The van der Waals surface area contributed by atoms with E-state index >= 15 is 0 Å². The Kier molecular flexibility index (Phi) is 4.54. The fraction of sp³-hybridized carbons (Fsp3) is 0.611. The first-order valence-corrected chi connectivity index (χ1v) is 11.0. The van der Waals surface area contributed by atoms with Gasteiger partial charge in [-0.05, 0) is 31.9 Å². The molecule has 8 heteroatoms. The van der Waals surface area contributed by atoms with E-state index < -0.39 is 10.0 Å². The van der Waals surface area contributed by atoms with Gasteiger partial charge in [0.15, 0.2) is 0 Å². The van der Waals surface area contributed by atoms with E-state index in [1.807, 2.05) is 18.2 Å². The van der Waals surface area contributed by atoms with Crippen molar-refractivity contribution in [3.05, 3.63) is 35.8 Å². The Morgan fingerprint density at radius 1 is 1.23 bits per heavy atom. The monoisotopic (exact) mass is 378 g/mol. The molecule has 1 spiro atoms. The maximum absolute atomic E-state index is 11.9. The minimum absolute atomic E-state index is 0.327. The van der Waals surface area contributed by atoms with E-state index in [1.54, 1.807) is 4.31 Å². The van der Waals surface area contributed by atoms with Gasteiger partial charge in [-0.2, -0.15) is 4.31 Å². The number of imidazole rings is 1. The van der Waals surface area contributed by atoms with Crippen molar-refractivity contribution < 1.29 is 13.2 Å². The lowest BCUT2D eigenvalue weighted by molar-refractivity contribution is -0.120. The molecule has 0 unspecified atom stereocenters. The minimum atomic E-state index is -3.16. The maximum atomic E-state index is 11.9. The van der Waals surface area contributed by atoms with Crippen LogP contribution in [0.4, 0.5) is 0 Å². The fourth-order valence-corrected chi connectivity index (χ4v) is 4.96. The second kappa shape index (κ2) is 6.60. The van der Waals surface area contributed by atoms with Crippen LogP contribution in [0.15, 0.2) is 24.4 Å². The van der Waals surface area contributed by atoms with Gasteiger partial charge in [-0.15, -0.1) is 0 Å². The molecule has 0 aliphatic carbocycles. The first-order valence-electron chi connectivity index (χ1n) is 9.10. The fourth-order valence-electron chi connectivity index (χ4n) is 4.08. The summed E-state index contributed by atoms with van der Waals surface area (Å²) in [7, 11) is -3.16. The molecule has 2 fully saturated rings. The molecule has 4 rings (SSSR count). The van der Waals surface area contributed by atoms with Gasteiger partial charge in [-0.25, -0.2) is 13.4 Å². The standard InChI is InChI=1S/C18H26N4O3S/c1-15-16(22-8-4-3-5-17(22)19-15)13-20-9-6-18(7-10-20)14-21(11-12-25-18)26(2,23)24/h3-5,8H,6-7,9-14H2,1-2H3. The van der Waals surface area contributed by atoms with Gasteiger partial charge in [-0.3, -0.25) is 4.90 Å². The van der Waals surface area contributed by atoms with Crippen LogP contribution < -0.4 is 0 Å². The molecular formula is C18H26N4O3S. The molecule has 2 saturated heterocycles. The largest absolute Gasteiger partial charge is 0.372 e. The highest BCUT2D eigenvalue weighted by molar-refractivity contribution is 7.88. The highest BCUT2D eigenvalue weighted by Crippen LogP contribution is 2.31. The highest BCUT2D eigenvalue weighted by atomic mass is 32.2. The van der Waals surface area contributed by atoms with Gasteiger partial charge >= 0.3 is 0 Å². The molecule has 0 saturated carbocycles. The molecule has 0 radical (unpaired) electrons. The van der Waals surface area contributed by atoms with E-state index in [4.69, 9.17) is 4.74 Å². The van der Waals surface area contributed by atoms with Crippen molar-refractivity contribution in [2.75, 3.05) is 39.0 Å². The van der Waals surface area contributed by atoms with Crippen LogP contribution in [0.3, 0.4) is 0 Å². The van der Waals surface area contributed by atoms with Crippen LogP contribution >= 0.6 is 0 Å². The molecule has 7 nitrogen and oxygen atoms in total. The predicted molar refractivity (Wildman–Crippen MR) is 99.5 cm³/mol. The van der Waals surface area contributed by atoms with Gasteiger partial charge in [0.2, 0.25) is 10.0 Å². The number of hydrogen-bond acceptors (Lipinski definition) is 5. The van der Waals surface area contributed by atoms with E-state index in [0.29, 0.717) is 19.7 Å². The molecule has 2 aromatic heterocycles. The Morgan fingerprint density at radius 2 is 2.00 bits per heavy atom. The quantitative estimate of drug-likeness (QED) is 0.805. The lowest BCUT2D eigenvalue weighted by Crippen LogP contribution is -2.57. The number of aromatic nitrogens is 2. The summed E-state index contributed by atoms with van der Waals surface area (Å²) in [5.41, 5.74) is 2.94. The number of morpholine rings is 1.